The van der Waals surface area contributed by atoms with E-state index in [-0.39, 0.29) is 17.9 Å². The summed E-state index contributed by atoms with van der Waals surface area (Å²) in [6.45, 7) is -0.300. The summed E-state index contributed by atoms with van der Waals surface area (Å²) in [5.41, 5.74) is 1.20. The van der Waals surface area contributed by atoms with Crippen LogP contribution >= 0.6 is 34.7 Å². The average Bonchev–Trinajstić information content (AvgIpc) is 3.40. The van der Waals surface area contributed by atoms with Crippen LogP contribution in [0.5, 0.6) is 0 Å². The number of nitro groups is 1. The van der Waals surface area contributed by atoms with Crippen molar-refractivity contribution in [1.29, 1.82) is 0 Å². The molecule has 4 aromatic rings. The van der Waals surface area contributed by atoms with Crippen LogP contribution in [-0.2, 0) is 20.9 Å². The predicted octanol–water partition coefficient (Wildman–Crippen LogP) is 4.30. The number of nitrogens with zero attached hydrogens (tertiary/aromatic N) is 4. The third kappa shape index (κ3) is 4.81. The van der Waals surface area contributed by atoms with Crippen molar-refractivity contribution in [2.45, 2.75) is 22.7 Å². The normalized spacial score (nSPS) is 19.5. The highest BCUT2D eigenvalue weighted by molar-refractivity contribution is 8.00. The van der Waals surface area contributed by atoms with Crippen LogP contribution in [0.3, 0.4) is 0 Å². The Labute approximate surface area is 244 Å². The fraction of sp³-hybridized carbons (Fsp3) is 0.148. The molecule has 3 atom stereocenters. The van der Waals surface area contributed by atoms with Crippen LogP contribution < -0.4 is 15.1 Å². The summed E-state index contributed by atoms with van der Waals surface area (Å²) < 4.78 is 1.32. The molecule has 2 aromatic heterocycles. The number of hydrogen-bond donors (Lipinski definition) is 1. The van der Waals surface area contributed by atoms with Gasteiger partial charge in [-0.2, -0.15) is 0 Å². The van der Waals surface area contributed by atoms with Crippen LogP contribution in [0.15, 0.2) is 82.9 Å². The zero-order valence-corrected chi connectivity index (χ0v) is 23.2. The van der Waals surface area contributed by atoms with E-state index in [4.69, 9.17) is 11.6 Å². The molecule has 2 aliphatic rings. The number of non-ortho nitro benzene ring substituents is 1. The zero-order valence-electron chi connectivity index (χ0n) is 20.8. The quantitative estimate of drug-likeness (QED) is 0.194. The first-order valence-corrected chi connectivity index (χ1v) is 14.3. The largest absolute Gasteiger partial charge is 0.325 e. The number of thioether (sulfide) groups is 1. The standard InChI is InChI=1S/C27H18ClN5O6S2/c28-15-3-5-16(6-4-15)30-19(34)13-31-26-23(41-27(31)37)20(14-2-1-11-29-12-14)21-22(40-26)25(36)32(24(21)35)17-7-9-18(10-8-17)33(38)39/h1-12,20-22H,13H2,(H,30,34)/t20-,21+,22-/m0/s1. The van der Waals surface area contributed by atoms with Crippen molar-refractivity contribution >= 4 is 69.5 Å². The zero-order chi connectivity index (χ0) is 28.8. The summed E-state index contributed by atoms with van der Waals surface area (Å²) in [5.74, 6) is -2.95. The number of carbonyl (C=O) groups is 3. The Morgan fingerprint density at radius 1 is 1.05 bits per heavy atom. The minimum Gasteiger partial charge on any atom is -0.325 e. The Kier molecular flexibility index (Phi) is 6.93. The molecule has 0 saturated carbocycles. The molecule has 206 valence electrons. The van der Waals surface area contributed by atoms with Gasteiger partial charge in [-0.15, -0.1) is 0 Å². The third-order valence-electron chi connectivity index (χ3n) is 6.84. The van der Waals surface area contributed by atoms with Crippen molar-refractivity contribution in [2.75, 3.05) is 10.2 Å². The van der Waals surface area contributed by atoms with Crippen LogP contribution in [0.2, 0.25) is 5.02 Å². The molecule has 2 aliphatic heterocycles. The van der Waals surface area contributed by atoms with E-state index in [1.54, 1.807) is 48.8 Å². The number of hydrogen-bond acceptors (Lipinski definition) is 9. The highest BCUT2D eigenvalue weighted by Gasteiger charge is 2.57. The average molecular weight is 608 g/mol. The van der Waals surface area contributed by atoms with Gasteiger partial charge in [0, 0.05) is 46.0 Å². The minimum atomic E-state index is -0.894. The topological polar surface area (TPSA) is 145 Å². The van der Waals surface area contributed by atoms with Gasteiger partial charge < -0.3 is 5.32 Å². The molecule has 0 unspecified atom stereocenters. The van der Waals surface area contributed by atoms with E-state index < -0.39 is 44.6 Å². The van der Waals surface area contributed by atoms with Gasteiger partial charge in [0.15, 0.2) is 0 Å². The van der Waals surface area contributed by atoms with Crippen LogP contribution in [0, 0.1) is 16.0 Å². The van der Waals surface area contributed by atoms with Crippen molar-refractivity contribution in [1.82, 2.24) is 9.55 Å². The molecule has 3 amide bonds. The summed E-state index contributed by atoms with van der Waals surface area (Å²) in [4.78, 5) is 69.6. The lowest BCUT2D eigenvalue weighted by atomic mass is 9.84. The number of nitrogens with one attached hydrogen (secondary N) is 1. The van der Waals surface area contributed by atoms with Gasteiger partial charge in [0.05, 0.1) is 21.6 Å². The SMILES string of the molecule is O=C(Cn1c2c(sc1=O)[C@@H](c1cccnc1)[C@H]1C(=O)N(c3ccc([N+](=O)[O-])cc3)C(=O)[C@H]1S2)Nc1ccc(Cl)cc1. The number of benzene rings is 2. The number of thiazole rings is 1. The van der Waals surface area contributed by atoms with E-state index in [0.29, 0.717) is 26.2 Å². The number of carbonyl (C=O) groups excluding carboxylic acids is 3. The summed E-state index contributed by atoms with van der Waals surface area (Å²) >= 11 is 7.92. The molecule has 0 radical (unpaired) electrons. The van der Waals surface area contributed by atoms with Crippen LogP contribution in [0.1, 0.15) is 16.4 Å². The number of amides is 3. The number of imide groups is 1. The maximum Gasteiger partial charge on any atom is 0.308 e. The Morgan fingerprint density at radius 2 is 1.78 bits per heavy atom. The fourth-order valence-corrected chi connectivity index (χ4v) is 7.93. The number of fused-ring (bicyclic) bond motifs is 2. The summed E-state index contributed by atoms with van der Waals surface area (Å²) in [7, 11) is 0. The molecule has 41 heavy (non-hydrogen) atoms. The maximum atomic E-state index is 13.8. The maximum absolute atomic E-state index is 13.8. The highest BCUT2D eigenvalue weighted by atomic mass is 35.5. The van der Waals surface area contributed by atoms with Gasteiger partial charge in [-0.3, -0.25) is 38.8 Å². The molecular formula is C27H18ClN5O6S2. The first-order valence-electron chi connectivity index (χ1n) is 12.2. The molecule has 1 N–H and O–H groups in total. The van der Waals surface area contributed by atoms with Gasteiger partial charge in [0.25, 0.3) is 5.69 Å². The Balaban J connectivity index is 1.38. The number of pyridine rings is 1. The van der Waals surface area contributed by atoms with Crippen molar-refractivity contribution < 1.29 is 19.3 Å². The molecule has 2 aromatic carbocycles. The second-order valence-electron chi connectivity index (χ2n) is 9.29. The Bertz CT molecular complexity index is 1760. The van der Waals surface area contributed by atoms with Crippen molar-refractivity contribution in [3.05, 3.63) is 108 Å². The van der Waals surface area contributed by atoms with Gasteiger partial charge in [0.2, 0.25) is 17.7 Å². The first kappa shape index (κ1) is 26.9. The monoisotopic (exact) mass is 607 g/mol. The first-order chi connectivity index (χ1) is 19.7. The van der Waals surface area contributed by atoms with E-state index in [1.807, 2.05) is 0 Å². The van der Waals surface area contributed by atoms with Gasteiger partial charge in [-0.25, -0.2) is 4.90 Å². The van der Waals surface area contributed by atoms with Crippen molar-refractivity contribution in [2.24, 2.45) is 5.92 Å². The molecule has 0 aliphatic carbocycles. The van der Waals surface area contributed by atoms with E-state index in [2.05, 4.69) is 10.3 Å². The van der Waals surface area contributed by atoms with Crippen molar-refractivity contribution in [3.8, 4) is 0 Å². The summed E-state index contributed by atoms with van der Waals surface area (Å²) in [6, 6.07) is 15.2. The number of nitro benzene ring substituents is 1. The van der Waals surface area contributed by atoms with Crippen LogP contribution in [0.25, 0.3) is 0 Å². The molecular weight excluding hydrogens is 590 g/mol. The molecule has 1 fully saturated rings. The molecule has 1 saturated heterocycles. The molecule has 4 heterocycles. The smallest absolute Gasteiger partial charge is 0.308 e. The minimum absolute atomic E-state index is 0.170. The van der Waals surface area contributed by atoms with E-state index in [9.17, 15) is 29.3 Å². The van der Waals surface area contributed by atoms with Gasteiger partial charge in [0.1, 0.15) is 11.8 Å². The van der Waals surface area contributed by atoms with Gasteiger partial charge in [-0.1, -0.05) is 40.8 Å². The number of rotatable bonds is 6. The van der Waals surface area contributed by atoms with E-state index >= 15 is 0 Å². The fourth-order valence-electron chi connectivity index (χ4n) is 5.03. The molecule has 6 rings (SSSR count). The van der Waals surface area contributed by atoms with Crippen molar-refractivity contribution in [3.63, 3.8) is 0 Å². The van der Waals surface area contributed by atoms with E-state index in [0.717, 1.165) is 28.0 Å². The number of halogens is 1. The lowest BCUT2D eigenvalue weighted by molar-refractivity contribution is -0.384. The lowest BCUT2D eigenvalue weighted by Crippen LogP contribution is -2.33. The third-order valence-corrected chi connectivity index (χ3v) is 9.70. The Hall–Kier alpha value is -4.33. The predicted molar refractivity (Wildman–Crippen MR) is 153 cm³/mol. The summed E-state index contributed by atoms with van der Waals surface area (Å²) in [6.07, 6.45) is 3.18. The van der Waals surface area contributed by atoms with Gasteiger partial charge in [-0.05, 0) is 48.0 Å². The Morgan fingerprint density at radius 3 is 2.44 bits per heavy atom. The molecule has 14 heteroatoms. The van der Waals surface area contributed by atoms with Crippen LogP contribution in [-0.4, -0.2) is 37.4 Å². The molecule has 11 nitrogen and oxygen atoms in total. The molecule has 0 bridgehead atoms. The highest BCUT2D eigenvalue weighted by Crippen LogP contribution is 2.53. The van der Waals surface area contributed by atoms with Gasteiger partial charge >= 0.3 is 4.87 Å². The molecule has 0 spiro atoms. The summed E-state index contributed by atoms with van der Waals surface area (Å²) in [5, 5.41) is 13.9. The van der Waals surface area contributed by atoms with Crippen LogP contribution in [0.4, 0.5) is 17.1 Å². The number of anilines is 2. The second kappa shape index (κ2) is 10.6. The van der Waals surface area contributed by atoms with E-state index in [1.165, 1.54) is 28.8 Å². The second-order valence-corrected chi connectivity index (χ2v) is 11.9. The lowest BCUT2D eigenvalue weighted by Gasteiger charge is -2.30. The number of aromatic nitrogens is 2.